The maximum absolute atomic E-state index is 6.00. The van der Waals surface area contributed by atoms with Crippen molar-refractivity contribution in [3.8, 4) is 11.5 Å². The summed E-state index contributed by atoms with van der Waals surface area (Å²) >= 11 is 6.00. The minimum atomic E-state index is -0.0871. The summed E-state index contributed by atoms with van der Waals surface area (Å²) in [5.74, 6) is 0.576. The van der Waals surface area contributed by atoms with Gasteiger partial charge in [-0.25, -0.2) is 15.0 Å². The zero-order valence-corrected chi connectivity index (χ0v) is 9.81. The fourth-order valence-corrected chi connectivity index (χ4v) is 1.62. The molecule has 0 aromatic carbocycles. The molecule has 4 nitrogen and oxygen atoms in total. The van der Waals surface area contributed by atoms with Crippen molar-refractivity contribution < 1.29 is 0 Å². The Labute approximate surface area is 98.8 Å². The van der Waals surface area contributed by atoms with Gasteiger partial charge in [0.25, 0.3) is 0 Å². The SMILES string of the molecule is Cc1nc(-c2cnccn2)ncc1C(C)Cl. The van der Waals surface area contributed by atoms with E-state index in [-0.39, 0.29) is 5.38 Å². The van der Waals surface area contributed by atoms with E-state index >= 15 is 0 Å². The smallest absolute Gasteiger partial charge is 0.179 e. The van der Waals surface area contributed by atoms with Gasteiger partial charge in [-0.3, -0.25) is 4.98 Å². The number of halogens is 1. The van der Waals surface area contributed by atoms with E-state index in [2.05, 4.69) is 19.9 Å². The summed E-state index contributed by atoms with van der Waals surface area (Å²) < 4.78 is 0. The van der Waals surface area contributed by atoms with Gasteiger partial charge in [-0.15, -0.1) is 11.6 Å². The summed E-state index contributed by atoms with van der Waals surface area (Å²) in [4.78, 5) is 16.7. The third kappa shape index (κ3) is 2.17. The lowest BCUT2D eigenvalue weighted by atomic mass is 10.2. The molecule has 0 saturated heterocycles. The molecule has 0 aliphatic carbocycles. The van der Waals surface area contributed by atoms with Gasteiger partial charge in [0.05, 0.1) is 11.6 Å². The second kappa shape index (κ2) is 4.53. The van der Waals surface area contributed by atoms with Gasteiger partial charge in [-0.1, -0.05) is 0 Å². The first-order valence-electron chi connectivity index (χ1n) is 4.92. The van der Waals surface area contributed by atoms with Crippen LogP contribution >= 0.6 is 11.6 Å². The molecule has 16 heavy (non-hydrogen) atoms. The molecule has 0 radical (unpaired) electrons. The minimum Gasteiger partial charge on any atom is -0.261 e. The monoisotopic (exact) mass is 234 g/mol. The molecule has 0 saturated carbocycles. The van der Waals surface area contributed by atoms with Crippen molar-refractivity contribution in [1.29, 1.82) is 0 Å². The van der Waals surface area contributed by atoms with Gasteiger partial charge in [0, 0.05) is 29.8 Å². The second-order valence-electron chi connectivity index (χ2n) is 3.44. The van der Waals surface area contributed by atoms with Crippen molar-refractivity contribution in [3.63, 3.8) is 0 Å². The third-order valence-electron chi connectivity index (χ3n) is 2.24. The highest BCUT2D eigenvalue weighted by Gasteiger charge is 2.09. The minimum absolute atomic E-state index is 0.0871. The normalized spacial score (nSPS) is 12.4. The summed E-state index contributed by atoms with van der Waals surface area (Å²) in [7, 11) is 0. The molecular formula is C11H11ClN4. The van der Waals surface area contributed by atoms with E-state index in [1.165, 1.54) is 0 Å². The van der Waals surface area contributed by atoms with Gasteiger partial charge in [-0.05, 0) is 13.8 Å². The van der Waals surface area contributed by atoms with Gasteiger partial charge in [0.2, 0.25) is 0 Å². The lowest BCUT2D eigenvalue weighted by Gasteiger charge is -2.07. The predicted molar refractivity (Wildman–Crippen MR) is 62.1 cm³/mol. The number of hydrogen-bond donors (Lipinski definition) is 0. The van der Waals surface area contributed by atoms with E-state index in [1.807, 2.05) is 13.8 Å². The van der Waals surface area contributed by atoms with Gasteiger partial charge in [-0.2, -0.15) is 0 Å². The van der Waals surface area contributed by atoms with Crippen LogP contribution in [0.25, 0.3) is 11.5 Å². The van der Waals surface area contributed by atoms with Crippen molar-refractivity contribution >= 4 is 11.6 Å². The van der Waals surface area contributed by atoms with Gasteiger partial charge < -0.3 is 0 Å². The van der Waals surface area contributed by atoms with E-state index in [1.54, 1.807) is 24.8 Å². The Bertz CT molecular complexity index is 485. The van der Waals surface area contributed by atoms with Crippen LogP contribution in [0, 0.1) is 6.92 Å². The molecule has 2 heterocycles. The molecule has 0 aliphatic rings. The molecule has 0 amide bonds. The Hall–Kier alpha value is -1.55. The number of alkyl halides is 1. The first-order valence-corrected chi connectivity index (χ1v) is 5.36. The van der Waals surface area contributed by atoms with E-state index in [4.69, 9.17) is 11.6 Å². The van der Waals surface area contributed by atoms with Crippen LogP contribution < -0.4 is 0 Å². The summed E-state index contributed by atoms with van der Waals surface area (Å²) in [5.41, 5.74) is 2.48. The van der Waals surface area contributed by atoms with Crippen LogP contribution in [-0.4, -0.2) is 19.9 Å². The largest absolute Gasteiger partial charge is 0.261 e. The van der Waals surface area contributed by atoms with Gasteiger partial charge >= 0.3 is 0 Å². The lowest BCUT2D eigenvalue weighted by molar-refractivity contribution is 0.968. The number of hydrogen-bond acceptors (Lipinski definition) is 4. The van der Waals surface area contributed by atoms with Crippen LogP contribution in [0.15, 0.2) is 24.8 Å². The third-order valence-corrected chi connectivity index (χ3v) is 2.47. The standard InChI is InChI=1S/C11H11ClN4/c1-7(12)9-5-15-11(16-8(9)2)10-6-13-3-4-14-10/h3-7H,1-2H3. The second-order valence-corrected chi connectivity index (χ2v) is 4.10. The molecule has 82 valence electrons. The van der Waals surface area contributed by atoms with Crippen LogP contribution in [0.2, 0.25) is 0 Å². The number of rotatable bonds is 2. The molecule has 0 spiro atoms. The summed E-state index contributed by atoms with van der Waals surface area (Å²) in [6, 6.07) is 0. The molecule has 0 N–H and O–H groups in total. The van der Waals surface area contributed by atoms with Crippen molar-refractivity contribution in [3.05, 3.63) is 36.0 Å². The Morgan fingerprint density at radius 3 is 2.56 bits per heavy atom. The fourth-order valence-electron chi connectivity index (χ4n) is 1.40. The average molecular weight is 235 g/mol. The Balaban J connectivity index is 2.43. The molecule has 2 aromatic rings. The highest BCUT2D eigenvalue weighted by atomic mass is 35.5. The quantitative estimate of drug-likeness (QED) is 0.750. The Morgan fingerprint density at radius 1 is 1.19 bits per heavy atom. The molecule has 0 aliphatic heterocycles. The molecule has 5 heteroatoms. The highest BCUT2D eigenvalue weighted by Crippen LogP contribution is 2.22. The summed E-state index contributed by atoms with van der Waals surface area (Å²) in [5, 5.41) is -0.0871. The maximum Gasteiger partial charge on any atom is 0.179 e. The molecule has 2 aromatic heterocycles. The highest BCUT2D eigenvalue weighted by molar-refractivity contribution is 6.20. The Kier molecular flexibility index (Phi) is 3.10. The first kappa shape index (κ1) is 11.0. The zero-order chi connectivity index (χ0) is 11.5. The van der Waals surface area contributed by atoms with E-state index in [0.717, 1.165) is 11.3 Å². The van der Waals surface area contributed by atoms with Crippen LogP contribution in [0.5, 0.6) is 0 Å². The van der Waals surface area contributed by atoms with E-state index in [0.29, 0.717) is 11.5 Å². The van der Waals surface area contributed by atoms with Crippen LogP contribution in [0.3, 0.4) is 0 Å². The average Bonchev–Trinajstić information content (AvgIpc) is 2.29. The molecule has 2 rings (SSSR count). The topological polar surface area (TPSA) is 51.6 Å². The van der Waals surface area contributed by atoms with E-state index < -0.39 is 0 Å². The number of nitrogens with zero attached hydrogens (tertiary/aromatic N) is 4. The van der Waals surface area contributed by atoms with Crippen molar-refractivity contribution in [2.75, 3.05) is 0 Å². The zero-order valence-electron chi connectivity index (χ0n) is 9.05. The fraction of sp³-hybridized carbons (Fsp3) is 0.273. The Morgan fingerprint density at radius 2 is 2.00 bits per heavy atom. The van der Waals surface area contributed by atoms with Gasteiger partial charge in [0.1, 0.15) is 5.69 Å². The maximum atomic E-state index is 6.00. The van der Waals surface area contributed by atoms with Crippen molar-refractivity contribution in [2.45, 2.75) is 19.2 Å². The van der Waals surface area contributed by atoms with Crippen LogP contribution in [0.1, 0.15) is 23.6 Å². The molecule has 1 unspecified atom stereocenters. The van der Waals surface area contributed by atoms with Crippen LogP contribution in [-0.2, 0) is 0 Å². The molecule has 0 fully saturated rings. The van der Waals surface area contributed by atoms with Crippen molar-refractivity contribution in [2.24, 2.45) is 0 Å². The molecule has 1 atom stereocenters. The number of aromatic nitrogens is 4. The van der Waals surface area contributed by atoms with Gasteiger partial charge in [0.15, 0.2) is 5.82 Å². The molecule has 0 bridgehead atoms. The molecular weight excluding hydrogens is 224 g/mol. The predicted octanol–water partition coefficient (Wildman–Crippen LogP) is 2.54. The van der Waals surface area contributed by atoms with Crippen molar-refractivity contribution in [1.82, 2.24) is 19.9 Å². The summed E-state index contributed by atoms with van der Waals surface area (Å²) in [6.45, 7) is 3.81. The van der Waals surface area contributed by atoms with E-state index in [9.17, 15) is 0 Å². The summed E-state index contributed by atoms with van der Waals surface area (Å²) in [6.07, 6.45) is 6.61. The number of aryl methyl sites for hydroxylation is 1. The first-order chi connectivity index (χ1) is 7.68. The lowest BCUT2D eigenvalue weighted by Crippen LogP contribution is -1.99. The van der Waals surface area contributed by atoms with Crippen LogP contribution in [0.4, 0.5) is 0 Å².